The average molecular weight is 336 g/mol. The van der Waals surface area contributed by atoms with E-state index in [9.17, 15) is 19.7 Å². The number of piperidine rings is 1. The van der Waals surface area contributed by atoms with Crippen molar-refractivity contribution < 1.29 is 19.2 Å². The van der Waals surface area contributed by atoms with Crippen molar-refractivity contribution in [2.75, 3.05) is 39.2 Å². The van der Waals surface area contributed by atoms with Crippen LogP contribution in [0.5, 0.6) is 0 Å². The Morgan fingerprint density at radius 2 is 2.17 bits per heavy atom. The zero-order valence-corrected chi connectivity index (χ0v) is 13.9. The summed E-state index contributed by atoms with van der Waals surface area (Å²) in [5.41, 5.74) is -0.532. The number of methoxy groups -OCH3 is 1. The number of aromatic nitrogens is 1. The number of amides is 1. The predicted octanol–water partition coefficient (Wildman–Crippen LogP) is 1.08. The summed E-state index contributed by atoms with van der Waals surface area (Å²) in [5.74, 6) is -0.967. The number of anilines is 1. The Morgan fingerprint density at radius 1 is 1.46 bits per heavy atom. The van der Waals surface area contributed by atoms with Gasteiger partial charge in [0.05, 0.1) is 18.0 Å². The molecule has 0 aromatic carbocycles. The van der Waals surface area contributed by atoms with Gasteiger partial charge in [-0.05, 0) is 18.9 Å². The van der Waals surface area contributed by atoms with Crippen LogP contribution in [0.15, 0.2) is 12.3 Å². The molecule has 24 heavy (non-hydrogen) atoms. The van der Waals surface area contributed by atoms with Crippen molar-refractivity contribution >= 4 is 23.4 Å². The van der Waals surface area contributed by atoms with E-state index in [-0.39, 0.29) is 28.9 Å². The molecule has 1 aliphatic heterocycles. The first-order valence-corrected chi connectivity index (χ1v) is 7.54. The molecule has 1 fully saturated rings. The van der Waals surface area contributed by atoms with Gasteiger partial charge in [-0.1, -0.05) is 0 Å². The fourth-order valence-corrected chi connectivity index (χ4v) is 2.87. The minimum atomic E-state index is -0.789. The van der Waals surface area contributed by atoms with Crippen LogP contribution in [0, 0.1) is 16.0 Å². The Morgan fingerprint density at radius 3 is 2.75 bits per heavy atom. The van der Waals surface area contributed by atoms with Crippen molar-refractivity contribution in [1.29, 1.82) is 0 Å². The molecule has 0 bridgehead atoms. The summed E-state index contributed by atoms with van der Waals surface area (Å²) in [6, 6.07) is 1.26. The molecular weight excluding hydrogens is 316 g/mol. The molecule has 1 aromatic heterocycles. The highest BCUT2D eigenvalue weighted by atomic mass is 16.6. The van der Waals surface area contributed by atoms with Crippen LogP contribution in [0.4, 0.5) is 11.5 Å². The van der Waals surface area contributed by atoms with E-state index in [1.807, 2.05) is 0 Å². The van der Waals surface area contributed by atoms with Crippen LogP contribution in [0.1, 0.15) is 23.2 Å². The van der Waals surface area contributed by atoms with Crippen LogP contribution in [0.3, 0.4) is 0 Å². The minimum Gasteiger partial charge on any atom is -0.465 e. The molecule has 2 rings (SSSR count). The van der Waals surface area contributed by atoms with Gasteiger partial charge in [-0.25, -0.2) is 9.78 Å². The number of nitro groups is 1. The minimum absolute atomic E-state index is 0.0218. The van der Waals surface area contributed by atoms with Crippen LogP contribution < -0.4 is 4.90 Å². The van der Waals surface area contributed by atoms with Crippen LogP contribution in [0.2, 0.25) is 0 Å². The van der Waals surface area contributed by atoms with Gasteiger partial charge in [-0.15, -0.1) is 0 Å². The first-order chi connectivity index (χ1) is 11.4. The summed E-state index contributed by atoms with van der Waals surface area (Å²) in [6.45, 7) is 0.866. The molecule has 0 spiro atoms. The molecule has 0 N–H and O–H groups in total. The highest BCUT2D eigenvalue weighted by Crippen LogP contribution is 2.33. The topological polar surface area (TPSA) is 106 Å². The van der Waals surface area contributed by atoms with Crippen molar-refractivity contribution in [1.82, 2.24) is 9.88 Å². The number of nitrogens with zero attached hydrogens (tertiary/aromatic N) is 4. The van der Waals surface area contributed by atoms with E-state index in [0.29, 0.717) is 19.5 Å². The quantitative estimate of drug-likeness (QED) is 0.460. The Bertz CT molecular complexity index is 661. The van der Waals surface area contributed by atoms with Gasteiger partial charge in [-0.3, -0.25) is 14.9 Å². The largest absolute Gasteiger partial charge is 0.465 e. The Kier molecular flexibility index (Phi) is 5.32. The van der Waals surface area contributed by atoms with Gasteiger partial charge >= 0.3 is 11.7 Å². The van der Waals surface area contributed by atoms with Crippen LogP contribution in [-0.2, 0) is 9.53 Å². The molecule has 130 valence electrons. The third-order valence-corrected chi connectivity index (χ3v) is 4.00. The van der Waals surface area contributed by atoms with Gasteiger partial charge in [0.25, 0.3) is 0 Å². The van der Waals surface area contributed by atoms with Gasteiger partial charge in [-0.2, -0.15) is 0 Å². The third-order valence-electron chi connectivity index (χ3n) is 4.00. The molecular formula is C15H20N4O5. The second-order valence-corrected chi connectivity index (χ2v) is 5.80. The molecule has 9 nitrogen and oxygen atoms in total. The average Bonchev–Trinajstić information content (AvgIpc) is 2.59. The number of hydrogen-bond donors (Lipinski definition) is 0. The normalized spacial score (nSPS) is 17.3. The first-order valence-electron chi connectivity index (χ1n) is 7.54. The summed E-state index contributed by atoms with van der Waals surface area (Å²) in [4.78, 5) is 42.1. The maximum Gasteiger partial charge on any atom is 0.345 e. The van der Waals surface area contributed by atoms with Gasteiger partial charge < -0.3 is 14.5 Å². The summed E-state index contributed by atoms with van der Waals surface area (Å²) in [6.07, 6.45) is 2.77. The molecule has 1 unspecified atom stereocenters. The van der Waals surface area contributed by atoms with E-state index in [1.165, 1.54) is 24.3 Å². The smallest absolute Gasteiger partial charge is 0.345 e. The number of carbonyl (C=O) groups excluding carboxylic acids is 2. The second-order valence-electron chi connectivity index (χ2n) is 5.80. The lowest BCUT2D eigenvalue weighted by Gasteiger charge is -2.33. The van der Waals surface area contributed by atoms with E-state index in [4.69, 9.17) is 0 Å². The van der Waals surface area contributed by atoms with Crippen LogP contribution >= 0.6 is 0 Å². The maximum atomic E-state index is 12.2. The summed E-state index contributed by atoms with van der Waals surface area (Å²) in [7, 11) is 4.53. The van der Waals surface area contributed by atoms with Crippen molar-refractivity contribution in [3.05, 3.63) is 27.9 Å². The lowest BCUT2D eigenvalue weighted by atomic mass is 9.96. The maximum absolute atomic E-state index is 12.2. The zero-order valence-electron chi connectivity index (χ0n) is 13.9. The predicted molar refractivity (Wildman–Crippen MR) is 85.9 cm³/mol. The molecule has 0 aliphatic carbocycles. The summed E-state index contributed by atoms with van der Waals surface area (Å²) >= 11 is 0. The molecule has 1 aromatic rings. The Balaban J connectivity index is 2.39. The summed E-state index contributed by atoms with van der Waals surface area (Å²) < 4.78 is 4.61. The van der Waals surface area contributed by atoms with Gasteiger partial charge in [0.1, 0.15) is 5.56 Å². The molecule has 1 atom stereocenters. The van der Waals surface area contributed by atoms with Gasteiger partial charge in [0.2, 0.25) is 11.7 Å². The lowest BCUT2D eigenvalue weighted by molar-refractivity contribution is -0.384. The molecule has 9 heteroatoms. The fraction of sp³-hybridized carbons (Fsp3) is 0.533. The highest BCUT2D eigenvalue weighted by Gasteiger charge is 2.34. The van der Waals surface area contributed by atoms with Crippen LogP contribution in [-0.4, -0.2) is 61.0 Å². The van der Waals surface area contributed by atoms with Crippen LogP contribution in [0.25, 0.3) is 0 Å². The number of pyridine rings is 1. The van der Waals surface area contributed by atoms with E-state index >= 15 is 0 Å². The molecule has 0 radical (unpaired) electrons. The Labute approximate surface area is 139 Å². The molecule has 1 saturated heterocycles. The monoisotopic (exact) mass is 336 g/mol. The van der Waals surface area contributed by atoms with Gasteiger partial charge in [0, 0.05) is 33.4 Å². The molecule has 1 aliphatic rings. The number of hydrogen-bond acceptors (Lipinski definition) is 7. The van der Waals surface area contributed by atoms with E-state index in [1.54, 1.807) is 19.0 Å². The van der Waals surface area contributed by atoms with Crippen molar-refractivity contribution in [3.8, 4) is 0 Å². The lowest BCUT2D eigenvalue weighted by Crippen LogP contribution is -2.43. The second kappa shape index (κ2) is 7.24. The number of carbonyl (C=O) groups is 2. The molecule has 2 heterocycles. The first kappa shape index (κ1) is 17.6. The number of ether oxygens (including phenoxy) is 1. The van der Waals surface area contributed by atoms with Crippen molar-refractivity contribution in [2.24, 2.45) is 5.92 Å². The Hall–Kier alpha value is -2.71. The molecule has 0 saturated carbocycles. The van der Waals surface area contributed by atoms with E-state index in [2.05, 4.69) is 9.72 Å². The van der Waals surface area contributed by atoms with E-state index < -0.39 is 10.9 Å². The van der Waals surface area contributed by atoms with Crippen molar-refractivity contribution in [3.63, 3.8) is 0 Å². The standard InChI is InChI=1S/C15H20N4O5/c1-17(2)14(20)10-5-4-8-18(9-10)13-12(19(22)23)11(6-7-16-13)15(21)24-3/h6-7,10H,4-5,8-9H2,1-3H3. The number of esters is 1. The highest BCUT2D eigenvalue weighted by molar-refractivity contribution is 5.96. The van der Waals surface area contributed by atoms with E-state index in [0.717, 1.165) is 6.42 Å². The number of rotatable bonds is 4. The summed E-state index contributed by atoms with van der Waals surface area (Å²) in [5, 5.41) is 11.5. The SMILES string of the molecule is COC(=O)c1ccnc(N2CCCC(C(=O)N(C)C)C2)c1[N+](=O)[O-]. The van der Waals surface area contributed by atoms with Gasteiger partial charge in [0.15, 0.2) is 0 Å². The molecule has 1 amide bonds. The third kappa shape index (κ3) is 3.44. The zero-order chi connectivity index (χ0) is 17.9. The fourth-order valence-electron chi connectivity index (χ4n) is 2.87. The van der Waals surface area contributed by atoms with Crippen molar-refractivity contribution in [2.45, 2.75) is 12.8 Å².